The fourth-order valence-electron chi connectivity index (χ4n) is 2.66. The Labute approximate surface area is 130 Å². The van der Waals surface area contributed by atoms with E-state index in [1.165, 1.54) is 15.8 Å². The minimum absolute atomic E-state index is 0.0525. The number of piperidine rings is 1. The molecular weight excluding hydrogens is 309 g/mol. The highest BCUT2D eigenvalue weighted by molar-refractivity contribution is 5.92. The SMILES string of the molecule is O=C(c1cn(-c2ccccc2)nn1)N1CCC[C@H](C(F)(F)F)C1. The lowest BCUT2D eigenvalue weighted by molar-refractivity contribution is -0.184. The molecule has 122 valence electrons. The van der Waals surface area contributed by atoms with Crippen molar-refractivity contribution in [2.75, 3.05) is 13.1 Å². The zero-order valence-electron chi connectivity index (χ0n) is 12.2. The van der Waals surface area contributed by atoms with Crippen LogP contribution in [0.2, 0.25) is 0 Å². The van der Waals surface area contributed by atoms with Gasteiger partial charge in [-0.05, 0) is 25.0 Å². The summed E-state index contributed by atoms with van der Waals surface area (Å²) in [7, 11) is 0. The second kappa shape index (κ2) is 6.02. The van der Waals surface area contributed by atoms with E-state index >= 15 is 0 Å². The predicted molar refractivity (Wildman–Crippen MR) is 76.0 cm³/mol. The predicted octanol–water partition coefficient (Wildman–Crippen LogP) is 2.68. The summed E-state index contributed by atoms with van der Waals surface area (Å²) in [6.45, 7) is -0.00978. The number of halogens is 3. The number of rotatable bonds is 2. The van der Waals surface area contributed by atoms with Gasteiger partial charge in [0.15, 0.2) is 5.69 Å². The maximum Gasteiger partial charge on any atom is 0.393 e. The number of para-hydroxylation sites is 1. The van der Waals surface area contributed by atoms with Crippen LogP contribution in [-0.2, 0) is 0 Å². The van der Waals surface area contributed by atoms with Crippen LogP contribution in [0.1, 0.15) is 23.3 Å². The van der Waals surface area contributed by atoms with Gasteiger partial charge in [-0.3, -0.25) is 4.79 Å². The van der Waals surface area contributed by atoms with E-state index in [9.17, 15) is 18.0 Å². The fraction of sp³-hybridized carbons (Fsp3) is 0.400. The molecule has 1 aromatic heterocycles. The number of carbonyl (C=O) groups excluding carboxylic acids is 1. The Hall–Kier alpha value is -2.38. The van der Waals surface area contributed by atoms with Crippen LogP contribution in [0.15, 0.2) is 36.5 Å². The van der Waals surface area contributed by atoms with E-state index in [1.807, 2.05) is 18.2 Å². The summed E-state index contributed by atoms with van der Waals surface area (Å²) >= 11 is 0. The molecule has 1 atom stereocenters. The molecule has 0 N–H and O–H groups in total. The zero-order valence-corrected chi connectivity index (χ0v) is 12.2. The Morgan fingerprint density at radius 1 is 1.22 bits per heavy atom. The Morgan fingerprint density at radius 3 is 2.65 bits per heavy atom. The molecule has 8 heteroatoms. The number of alkyl halides is 3. The first-order chi connectivity index (χ1) is 10.9. The van der Waals surface area contributed by atoms with Crippen LogP contribution in [0.25, 0.3) is 5.69 Å². The van der Waals surface area contributed by atoms with Crippen molar-refractivity contribution in [3.8, 4) is 5.69 Å². The first-order valence-corrected chi connectivity index (χ1v) is 7.29. The van der Waals surface area contributed by atoms with Gasteiger partial charge in [0, 0.05) is 13.1 Å². The molecule has 3 rings (SSSR count). The summed E-state index contributed by atoms with van der Waals surface area (Å²) in [6, 6.07) is 9.07. The van der Waals surface area contributed by atoms with E-state index in [4.69, 9.17) is 0 Å². The lowest BCUT2D eigenvalue weighted by Crippen LogP contribution is -2.44. The third-order valence-corrected chi connectivity index (χ3v) is 3.90. The molecule has 0 radical (unpaired) electrons. The number of hydrogen-bond donors (Lipinski definition) is 0. The molecule has 1 aliphatic rings. The number of benzene rings is 1. The van der Waals surface area contributed by atoms with Crippen molar-refractivity contribution in [1.29, 1.82) is 0 Å². The van der Waals surface area contributed by atoms with Gasteiger partial charge in [0.25, 0.3) is 5.91 Å². The van der Waals surface area contributed by atoms with Gasteiger partial charge in [0.2, 0.25) is 0 Å². The average Bonchev–Trinajstić information content (AvgIpc) is 3.04. The van der Waals surface area contributed by atoms with Gasteiger partial charge in [-0.25, -0.2) is 4.68 Å². The molecule has 23 heavy (non-hydrogen) atoms. The maximum atomic E-state index is 12.8. The molecular formula is C15H15F3N4O. The van der Waals surface area contributed by atoms with Crippen LogP contribution in [0.4, 0.5) is 13.2 Å². The molecule has 0 spiro atoms. The normalized spacial score (nSPS) is 18.9. The Balaban J connectivity index is 1.75. The minimum atomic E-state index is -4.28. The van der Waals surface area contributed by atoms with E-state index in [0.29, 0.717) is 13.0 Å². The highest BCUT2D eigenvalue weighted by Gasteiger charge is 2.43. The number of nitrogens with zero attached hydrogens (tertiary/aromatic N) is 4. The lowest BCUT2D eigenvalue weighted by Gasteiger charge is -2.33. The van der Waals surface area contributed by atoms with Crippen LogP contribution < -0.4 is 0 Å². The standard InChI is InChI=1S/C15H15F3N4O/c16-15(17,18)11-5-4-8-21(9-11)14(23)13-10-22(20-19-13)12-6-2-1-3-7-12/h1-3,6-7,10-11H,4-5,8-9H2/t11-/m0/s1. The van der Waals surface area contributed by atoms with Crippen LogP contribution in [0.3, 0.4) is 0 Å². The van der Waals surface area contributed by atoms with Crippen LogP contribution in [0.5, 0.6) is 0 Å². The smallest absolute Gasteiger partial charge is 0.337 e. The second-order valence-electron chi connectivity index (χ2n) is 5.52. The zero-order chi connectivity index (χ0) is 16.4. The van der Waals surface area contributed by atoms with Crippen molar-refractivity contribution in [2.24, 2.45) is 5.92 Å². The first kappa shape index (κ1) is 15.5. The third kappa shape index (κ3) is 3.35. The van der Waals surface area contributed by atoms with Gasteiger partial charge in [-0.1, -0.05) is 23.4 Å². The van der Waals surface area contributed by atoms with Gasteiger partial charge in [-0.15, -0.1) is 5.10 Å². The number of aromatic nitrogens is 3. The quantitative estimate of drug-likeness (QED) is 0.853. The molecule has 5 nitrogen and oxygen atoms in total. The largest absolute Gasteiger partial charge is 0.393 e. The van der Waals surface area contributed by atoms with E-state index in [0.717, 1.165) is 5.69 Å². The van der Waals surface area contributed by atoms with Crippen molar-refractivity contribution < 1.29 is 18.0 Å². The summed E-state index contributed by atoms with van der Waals surface area (Å²) < 4.78 is 39.9. The molecule has 1 aliphatic heterocycles. The van der Waals surface area contributed by atoms with Gasteiger partial charge in [0.1, 0.15) is 0 Å². The summed E-state index contributed by atoms with van der Waals surface area (Å²) in [4.78, 5) is 13.6. The van der Waals surface area contributed by atoms with Gasteiger partial charge in [-0.2, -0.15) is 13.2 Å². The Kier molecular flexibility index (Phi) is 4.06. The molecule has 2 heterocycles. The number of amides is 1. The average molecular weight is 324 g/mol. The minimum Gasteiger partial charge on any atom is -0.337 e. The van der Waals surface area contributed by atoms with Crippen molar-refractivity contribution >= 4 is 5.91 Å². The Morgan fingerprint density at radius 2 is 1.96 bits per heavy atom. The molecule has 0 aliphatic carbocycles. The molecule has 1 fully saturated rings. The summed E-state index contributed by atoms with van der Waals surface area (Å²) in [5, 5.41) is 7.66. The van der Waals surface area contributed by atoms with E-state index in [2.05, 4.69) is 10.3 Å². The van der Waals surface area contributed by atoms with Crippen LogP contribution >= 0.6 is 0 Å². The van der Waals surface area contributed by atoms with E-state index in [-0.39, 0.29) is 18.7 Å². The topological polar surface area (TPSA) is 51.0 Å². The molecule has 0 bridgehead atoms. The van der Waals surface area contributed by atoms with Crippen molar-refractivity contribution in [3.05, 3.63) is 42.2 Å². The first-order valence-electron chi connectivity index (χ1n) is 7.29. The molecule has 0 saturated carbocycles. The highest BCUT2D eigenvalue weighted by atomic mass is 19.4. The molecule has 1 aromatic carbocycles. The second-order valence-corrected chi connectivity index (χ2v) is 5.52. The molecule has 0 unspecified atom stereocenters. The van der Waals surface area contributed by atoms with Gasteiger partial charge < -0.3 is 4.90 Å². The molecule has 1 amide bonds. The summed E-state index contributed by atoms with van der Waals surface area (Å²) in [6.07, 6.45) is -2.44. The summed E-state index contributed by atoms with van der Waals surface area (Å²) in [5.74, 6) is -1.98. The number of hydrogen-bond acceptors (Lipinski definition) is 3. The van der Waals surface area contributed by atoms with Crippen LogP contribution in [-0.4, -0.2) is 45.1 Å². The third-order valence-electron chi connectivity index (χ3n) is 3.90. The molecule has 2 aromatic rings. The number of likely N-dealkylation sites (tertiary alicyclic amines) is 1. The number of carbonyl (C=O) groups is 1. The van der Waals surface area contributed by atoms with E-state index < -0.39 is 18.0 Å². The van der Waals surface area contributed by atoms with Crippen LogP contribution in [0, 0.1) is 5.92 Å². The monoisotopic (exact) mass is 324 g/mol. The summed E-state index contributed by atoms with van der Waals surface area (Å²) in [5.41, 5.74) is 0.780. The highest BCUT2D eigenvalue weighted by Crippen LogP contribution is 2.33. The molecule has 1 saturated heterocycles. The Bertz CT molecular complexity index is 684. The van der Waals surface area contributed by atoms with Crippen molar-refractivity contribution in [3.63, 3.8) is 0 Å². The van der Waals surface area contributed by atoms with Crippen molar-refractivity contribution in [2.45, 2.75) is 19.0 Å². The van der Waals surface area contributed by atoms with E-state index in [1.54, 1.807) is 12.1 Å². The fourth-order valence-corrected chi connectivity index (χ4v) is 2.66. The lowest BCUT2D eigenvalue weighted by atomic mass is 9.97. The van der Waals surface area contributed by atoms with Gasteiger partial charge in [0.05, 0.1) is 17.8 Å². The maximum absolute atomic E-state index is 12.8. The van der Waals surface area contributed by atoms with Crippen molar-refractivity contribution in [1.82, 2.24) is 19.9 Å². The van der Waals surface area contributed by atoms with Gasteiger partial charge >= 0.3 is 6.18 Å².